The summed E-state index contributed by atoms with van der Waals surface area (Å²) < 4.78 is 39.6. The predicted molar refractivity (Wildman–Crippen MR) is 62.4 cm³/mol. The van der Waals surface area contributed by atoms with Gasteiger partial charge in [-0.2, -0.15) is 0 Å². The minimum Gasteiger partial charge on any atom is -0.508 e. The van der Waals surface area contributed by atoms with Crippen molar-refractivity contribution in [2.24, 2.45) is 0 Å². The number of amides is 1. The molecule has 0 radical (unpaired) electrons. The van der Waals surface area contributed by atoms with Crippen LogP contribution in [0.5, 0.6) is 5.75 Å². The predicted octanol–water partition coefficient (Wildman–Crippen LogP) is 3.06. The molecule has 3 nitrogen and oxygen atoms in total. The van der Waals surface area contributed by atoms with Gasteiger partial charge >= 0.3 is 0 Å². The molecule has 19 heavy (non-hydrogen) atoms. The molecule has 0 aliphatic rings. The third-order valence-electron chi connectivity index (χ3n) is 2.37. The van der Waals surface area contributed by atoms with Gasteiger partial charge in [-0.25, -0.2) is 13.2 Å². The monoisotopic (exact) mass is 267 g/mol. The van der Waals surface area contributed by atoms with E-state index >= 15 is 0 Å². The molecule has 2 N–H and O–H groups in total. The first-order chi connectivity index (χ1) is 8.97. The van der Waals surface area contributed by atoms with Gasteiger partial charge in [0, 0.05) is 12.1 Å². The summed E-state index contributed by atoms with van der Waals surface area (Å²) in [6, 6.07) is 5.42. The fourth-order valence-electron chi connectivity index (χ4n) is 1.47. The number of hydrogen-bond donors (Lipinski definition) is 2. The summed E-state index contributed by atoms with van der Waals surface area (Å²) in [6.07, 6.45) is 0. The largest absolute Gasteiger partial charge is 0.508 e. The Balaban J connectivity index is 2.28. The van der Waals surface area contributed by atoms with Crippen LogP contribution < -0.4 is 5.32 Å². The number of rotatable bonds is 2. The number of halogens is 3. The van der Waals surface area contributed by atoms with E-state index in [-0.39, 0.29) is 11.3 Å². The number of benzene rings is 2. The Morgan fingerprint density at radius 2 is 1.74 bits per heavy atom. The Hall–Kier alpha value is -2.50. The van der Waals surface area contributed by atoms with E-state index in [9.17, 15) is 18.0 Å². The summed E-state index contributed by atoms with van der Waals surface area (Å²) in [6.45, 7) is 0. The van der Waals surface area contributed by atoms with Crippen LogP contribution in [0.2, 0.25) is 0 Å². The lowest BCUT2D eigenvalue weighted by atomic mass is 10.2. The summed E-state index contributed by atoms with van der Waals surface area (Å²) in [5, 5.41) is 11.1. The molecule has 1 amide bonds. The van der Waals surface area contributed by atoms with Crippen LogP contribution >= 0.6 is 0 Å². The zero-order chi connectivity index (χ0) is 14.0. The first-order valence-corrected chi connectivity index (χ1v) is 5.22. The minimum absolute atomic E-state index is 0.342. The van der Waals surface area contributed by atoms with Crippen molar-refractivity contribution >= 4 is 11.6 Å². The average molecular weight is 267 g/mol. The maximum Gasteiger partial charge on any atom is 0.258 e. The van der Waals surface area contributed by atoms with E-state index in [4.69, 9.17) is 5.11 Å². The van der Waals surface area contributed by atoms with Crippen LogP contribution in [-0.4, -0.2) is 11.0 Å². The molecule has 0 bridgehead atoms. The van der Waals surface area contributed by atoms with Crippen molar-refractivity contribution in [1.82, 2.24) is 0 Å². The maximum absolute atomic E-state index is 13.4. The highest BCUT2D eigenvalue weighted by atomic mass is 19.1. The van der Waals surface area contributed by atoms with Gasteiger partial charge in [0.25, 0.3) is 5.91 Å². The van der Waals surface area contributed by atoms with Crippen molar-refractivity contribution in [3.05, 3.63) is 59.4 Å². The molecular weight excluding hydrogens is 259 g/mol. The molecule has 0 saturated carbocycles. The van der Waals surface area contributed by atoms with Gasteiger partial charge in [-0.05, 0) is 24.3 Å². The molecule has 0 spiro atoms. The molecule has 0 heterocycles. The van der Waals surface area contributed by atoms with Gasteiger partial charge < -0.3 is 10.4 Å². The molecule has 2 rings (SSSR count). The normalized spacial score (nSPS) is 10.3. The zero-order valence-corrected chi connectivity index (χ0v) is 9.45. The summed E-state index contributed by atoms with van der Waals surface area (Å²) in [5.41, 5.74) is -0.779. The number of hydrogen-bond acceptors (Lipinski definition) is 2. The average Bonchev–Trinajstić information content (AvgIpc) is 2.33. The molecule has 6 heteroatoms. The SMILES string of the molecule is O=C(Nc1cc(F)ccc1F)c1ccc(O)cc1F. The number of nitrogens with one attached hydrogen (secondary N) is 1. The first kappa shape index (κ1) is 12.9. The topological polar surface area (TPSA) is 49.3 Å². The number of phenols is 1. The number of carbonyl (C=O) groups is 1. The van der Waals surface area contributed by atoms with E-state index in [2.05, 4.69) is 5.32 Å². The summed E-state index contributed by atoms with van der Waals surface area (Å²) >= 11 is 0. The molecule has 0 atom stereocenters. The Bertz CT molecular complexity index is 644. The molecule has 0 aromatic heterocycles. The van der Waals surface area contributed by atoms with Crippen LogP contribution in [0.25, 0.3) is 0 Å². The Labute approximate surface area is 106 Å². The van der Waals surface area contributed by atoms with Crippen LogP contribution in [-0.2, 0) is 0 Å². The Kier molecular flexibility index (Phi) is 3.41. The van der Waals surface area contributed by atoms with Crippen molar-refractivity contribution in [2.75, 3.05) is 5.32 Å². The van der Waals surface area contributed by atoms with E-state index < -0.39 is 29.0 Å². The van der Waals surface area contributed by atoms with Gasteiger partial charge in [0.05, 0.1) is 11.3 Å². The fraction of sp³-hybridized carbons (Fsp3) is 0. The maximum atomic E-state index is 13.4. The van der Waals surface area contributed by atoms with Crippen molar-refractivity contribution in [3.63, 3.8) is 0 Å². The molecule has 2 aromatic rings. The lowest BCUT2D eigenvalue weighted by Gasteiger charge is -2.07. The molecule has 0 saturated heterocycles. The molecular formula is C13H8F3NO2. The molecule has 98 valence electrons. The lowest BCUT2D eigenvalue weighted by molar-refractivity contribution is 0.102. The Morgan fingerprint density at radius 1 is 1.00 bits per heavy atom. The van der Waals surface area contributed by atoms with Gasteiger partial charge in [-0.3, -0.25) is 4.79 Å². The van der Waals surface area contributed by atoms with Crippen molar-refractivity contribution in [2.45, 2.75) is 0 Å². The molecule has 0 aliphatic carbocycles. The second kappa shape index (κ2) is 5.01. The standard InChI is InChI=1S/C13H8F3NO2/c14-7-1-4-10(15)12(5-7)17-13(19)9-3-2-8(18)6-11(9)16/h1-6,18H,(H,17,19). The van der Waals surface area contributed by atoms with Gasteiger partial charge in [0.2, 0.25) is 0 Å². The van der Waals surface area contributed by atoms with E-state index in [1.165, 1.54) is 0 Å². The highest BCUT2D eigenvalue weighted by molar-refractivity contribution is 6.04. The number of phenolic OH excluding ortho intramolecular Hbond substituents is 1. The first-order valence-electron chi connectivity index (χ1n) is 5.22. The lowest BCUT2D eigenvalue weighted by Crippen LogP contribution is -2.14. The molecule has 0 fully saturated rings. The second-order valence-electron chi connectivity index (χ2n) is 3.74. The second-order valence-corrected chi connectivity index (χ2v) is 3.74. The van der Waals surface area contributed by atoms with E-state index in [0.717, 1.165) is 36.4 Å². The van der Waals surface area contributed by atoms with Crippen LogP contribution in [0.15, 0.2) is 36.4 Å². The quantitative estimate of drug-likeness (QED) is 0.878. The van der Waals surface area contributed by atoms with Crippen LogP contribution in [0, 0.1) is 17.5 Å². The van der Waals surface area contributed by atoms with Crippen LogP contribution in [0.4, 0.5) is 18.9 Å². The number of anilines is 1. The third-order valence-corrected chi connectivity index (χ3v) is 2.37. The third kappa shape index (κ3) is 2.85. The molecule has 2 aromatic carbocycles. The van der Waals surface area contributed by atoms with Gasteiger partial charge in [0.15, 0.2) is 0 Å². The van der Waals surface area contributed by atoms with Gasteiger partial charge in [-0.15, -0.1) is 0 Å². The summed E-state index contributed by atoms with van der Waals surface area (Å²) in [5.74, 6) is -3.82. The number of aromatic hydroxyl groups is 1. The highest BCUT2D eigenvalue weighted by Crippen LogP contribution is 2.19. The van der Waals surface area contributed by atoms with Crippen molar-refractivity contribution in [3.8, 4) is 5.75 Å². The number of carbonyl (C=O) groups excluding carboxylic acids is 1. The smallest absolute Gasteiger partial charge is 0.258 e. The molecule has 0 unspecified atom stereocenters. The Morgan fingerprint density at radius 3 is 2.42 bits per heavy atom. The van der Waals surface area contributed by atoms with Gasteiger partial charge in [0.1, 0.15) is 23.2 Å². The minimum atomic E-state index is -0.964. The highest BCUT2D eigenvalue weighted by Gasteiger charge is 2.14. The molecule has 0 aliphatic heterocycles. The van der Waals surface area contributed by atoms with Gasteiger partial charge in [-0.1, -0.05) is 0 Å². The van der Waals surface area contributed by atoms with Crippen molar-refractivity contribution < 1.29 is 23.1 Å². The van der Waals surface area contributed by atoms with E-state index in [0.29, 0.717) is 0 Å². The fourth-order valence-corrected chi connectivity index (χ4v) is 1.47. The zero-order valence-electron chi connectivity index (χ0n) is 9.45. The van der Waals surface area contributed by atoms with E-state index in [1.807, 2.05) is 0 Å². The van der Waals surface area contributed by atoms with Crippen LogP contribution in [0.3, 0.4) is 0 Å². The summed E-state index contributed by atoms with van der Waals surface area (Å²) in [7, 11) is 0. The van der Waals surface area contributed by atoms with Crippen LogP contribution in [0.1, 0.15) is 10.4 Å². The van der Waals surface area contributed by atoms with Crippen molar-refractivity contribution in [1.29, 1.82) is 0 Å². The summed E-state index contributed by atoms with van der Waals surface area (Å²) in [4.78, 5) is 11.7. The van der Waals surface area contributed by atoms with E-state index in [1.54, 1.807) is 0 Å².